The molecule has 2 heterocycles. The van der Waals surface area contributed by atoms with Gasteiger partial charge in [-0.25, -0.2) is 9.67 Å². The molecule has 146 valence electrons. The summed E-state index contributed by atoms with van der Waals surface area (Å²) >= 11 is 6.03. The van der Waals surface area contributed by atoms with Crippen LogP contribution < -0.4 is 0 Å². The Hall–Kier alpha value is -2.40. The molecule has 0 spiro atoms. The number of carbonyl (C=O) groups is 1. The highest BCUT2D eigenvalue weighted by atomic mass is 35.5. The molecule has 4 rings (SSSR count). The molecular weight excluding hydrogens is 372 g/mol. The second-order valence-corrected chi connectivity index (χ2v) is 8.32. The Balaban J connectivity index is 1.71. The second kappa shape index (κ2) is 7.21. The van der Waals surface area contributed by atoms with Crippen LogP contribution in [0.1, 0.15) is 67.3 Å². The molecule has 1 unspecified atom stereocenters. The molecule has 28 heavy (non-hydrogen) atoms. The normalized spacial score (nSPS) is 15.2. The number of hydrogen-bond donors (Lipinski definition) is 0. The van der Waals surface area contributed by atoms with Crippen LogP contribution in [0, 0.1) is 6.92 Å². The lowest BCUT2D eigenvalue weighted by Gasteiger charge is -2.30. The zero-order valence-electron chi connectivity index (χ0n) is 16.7. The summed E-state index contributed by atoms with van der Waals surface area (Å²) in [6.45, 7) is 8.14. The zero-order valence-corrected chi connectivity index (χ0v) is 17.4. The van der Waals surface area contributed by atoms with Crippen LogP contribution in [0.4, 0.5) is 0 Å². The summed E-state index contributed by atoms with van der Waals surface area (Å²) in [5.74, 6) is 0.0362. The van der Waals surface area contributed by atoms with Crippen molar-refractivity contribution in [3.05, 3.63) is 58.4 Å². The van der Waals surface area contributed by atoms with E-state index in [2.05, 4.69) is 25.9 Å². The molecule has 1 saturated carbocycles. The number of aryl methyl sites for hydroxylation is 1. The van der Waals surface area contributed by atoms with Gasteiger partial charge in [-0.2, -0.15) is 5.10 Å². The minimum Gasteiger partial charge on any atom is -0.329 e. The maximum absolute atomic E-state index is 13.5. The first-order chi connectivity index (χ1) is 13.4. The lowest BCUT2D eigenvalue weighted by molar-refractivity contribution is 0.0673. The van der Waals surface area contributed by atoms with Crippen molar-refractivity contribution in [1.29, 1.82) is 0 Å². The number of nitrogens with zero attached hydrogens (tertiary/aromatic N) is 4. The average molecular weight is 397 g/mol. The van der Waals surface area contributed by atoms with E-state index in [4.69, 9.17) is 16.6 Å². The van der Waals surface area contributed by atoms with Gasteiger partial charge in [-0.15, -0.1) is 0 Å². The van der Waals surface area contributed by atoms with E-state index < -0.39 is 0 Å². The minimum absolute atomic E-state index is 0.0225. The molecule has 1 fully saturated rings. The number of halogens is 1. The first kappa shape index (κ1) is 18.9. The Labute approximate surface area is 170 Å². The van der Waals surface area contributed by atoms with Crippen LogP contribution in [-0.2, 0) is 0 Å². The summed E-state index contributed by atoms with van der Waals surface area (Å²) in [7, 11) is 0. The van der Waals surface area contributed by atoms with Crippen LogP contribution in [-0.4, -0.2) is 31.6 Å². The van der Waals surface area contributed by atoms with Gasteiger partial charge in [0.1, 0.15) is 0 Å². The fraction of sp³-hybridized carbons (Fsp3) is 0.409. The van der Waals surface area contributed by atoms with Gasteiger partial charge >= 0.3 is 0 Å². The van der Waals surface area contributed by atoms with Crippen molar-refractivity contribution in [3.8, 4) is 0 Å². The predicted molar refractivity (Wildman–Crippen MR) is 112 cm³/mol. The third-order valence-electron chi connectivity index (χ3n) is 5.42. The Kier molecular flexibility index (Phi) is 4.88. The number of fused-ring (bicyclic) bond motifs is 1. The second-order valence-electron chi connectivity index (χ2n) is 7.89. The van der Waals surface area contributed by atoms with E-state index in [-0.39, 0.29) is 24.0 Å². The molecule has 0 N–H and O–H groups in total. The molecule has 0 bridgehead atoms. The summed E-state index contributed by atoms with van der Waals surface area (Å²) < 4.78 is 1.89. The molecule has 1 amide bonds. The quantitative estimate of drug-likeness (QED) is 0.584. The molecule has 0 aliphatic heterocycles. The lowest BCUT2D eigenvalue weighted by atomic mass is 10.0. The minimum atomic E-state index is -0.0225. The molecule has 1 aromatic carbocycles. The lowest BCUT2D eigenvalue weighted by Crippen LogP contribution is -2.36. The number of amides is 1. The molecule has 0 radical (unpaired) electrons. The number of aromatic nitrogens is 3. The number of benzene rings is 1. The molecule has 1 atom stereocenters. The summed E-state index contributed by atoms with van der Waals surface area (Å²) in [5.41, 5.74) is 3.31. The highest BCUT2D eigenvalue weighted by Crippen LogP contribution is 2.36. The standard InChI is InChI=1S/C22H25ClN4O/c1-13(2)27-21-17(12-24-27)11-20(14(3)25-21)22(28)26(19-9-10-19)15(4)16-5-7-18(23)8-6-16/h5-8,11-13,15,19H,9-10H2,1-4H3. The smallest absolute Gasteiger partial charge is 0.256 e. The van der Waals surface area contributed by atoms with E-state index in [1.807, 2.05) is 46.8 Å². The van der Waals surface area contributed by atoms with Crippen molar-refractivity contribution in [2.24, 2.45) is 0 Å². The van der Waals surface area contributed by atoms with Gasteiger partial charge in [0.15, 0.2) is 5.65 Å². The van der Waals surface area contributed by atoms with Crippen LogP contribution in [0.2, 0.25) is 5.02 Å². The van der Waals surface area contributed by atoms with Crippen LogP contribution in [0.5, 0.6) is 0 Å². The van der Waals surface area contributed by atoms with E-state index in [0.717, 1.165) is 35.1 Å². The van der Waals surface area contributed by atoms with Crippen LogP contribution in [0.3, 0.4) is 0 Å². The summed E-state index contributed by atoms with van der Waals surface area (Å²) in [5, 5.41) is 6.04. The SMILES string of the molecule is Cc1nc2c(cnn2C(C)C)cc1C(=O)N(C1CC1)C(C)c1ccc(Cl)cc1. The monoisotopic (exact) mass is 396 g/mol. The molecule has 6 heteroatoms. The number of carbonyl (C=O) groups excluding carboxylic acids is 1. The van der Waals surface area contributed by atoms with Gasteiger partial charge in [0.25, 0.3) is 5.91 Å². The van der Waals surface area contributed by atoms with Gasteiger partial charge in [-0.05, 0) is 64.3 Å². The number of rotatable bonds is 5. The Morgan fingerprint density at radius 2 is 1.89 bits per heavy atom. The maximum Gasteiger partial charge on any atom is 0.256 e. The third kappa shape index (κ3) is 3.39. The van der Waals surface area contributed by atoms with E-state index in [9.17, 15) is 4.79 Å². The van der Waals surface area contributed by atoms with Gasteiger partial charge in [-0.3, -0.25) is 4.79 Å². The van der Waals surface area contributed by atoms with Gasteiger partial charge in [0, 0.05) is 22.5 Å². The summed E-state index contributed by atoms with van der Waals surface area (Å²) in [4.78, 5) is 20.3. The van der Waals surface area contributed by atoms with Crippen LogP contribution in [0.15, 0.2) is 36.5 Å². The van der Waals surface area contributed by atoms with Crippen molar-refractivity contribution in [3.63, 3.8) is 0 Å². The topological polar surface area (TPSA) is 51.0 Å². The van der Waals surface area contributed by atoms with Crippen molar-refractivity contribution in [2.45, 2.75) is 58.7 Å². The van der Waals surface area contributed by atoms with E-state index >= 15 is 0 Å². The summed E-state index contributed by atoms with van der Waals surface area (Å²) in [6.07, 6.45) is 3.88. The number of hydrogen-bond acceptors (Lipinski definition) is 3. The van der Waals surface area contributed by atoms with Gasteiger partial charge < -0.3 is 4.90 Å². The zero-order chi connectivity index (χ0) is 20.0. The third-order valence-corrected chi connectivity index (χ3v) is 5.68. The molecule has 5 nitrogen and oxygen atoms in total. The first-order valence-electron chi connectivity index (χ1n) is 9.79. The van der Waals surface area contributed by atoms with Crippen molar-refractivity contribution in [2.75, 3.05) is 0 Å². The Morgan fingerprint density at radius 1 is 1.21 bits per heavy atom. The largest absolute Gasteiger partial charge is 0.329 e. The van der Waals surface area contributed by atoms with Gasteiger partial charge in [0.05, 0.1) is 23.5 Å². The molecular formula is C22H25ClN4O. The molecule has 1 aliphatic rings. The Bertz CT molecular complexity index is 1020. The van der Waals surface area contributed by atoms with Crippen molar-refractivity contribution < 1.29 is 4.79 Å². The van der Waals surface area contributed by atoms with Crippen molar-refractivity contribution in [1.82, 2.24) is 19.7 Å². The van der Waals surface area contributed by atoms with Gasteiger partial charge in [-0.1, -0.05) is 23.7 Å². The maximum atomic E-state index is 13.5. The Morgan fingerprint density at radius 3 is 2.50 bits per heavy atom. The van der Waals surface area contributed by atoms with Gasteiger partial charge in [0.2, 0.25) is 0 Å². The molecule has 0 saturated heterocycles. The van der Waals surface area contributed by atoms with E-state index in [1.54, 1.807) is 6.20 Å². The molecule has 1 aliphatic carbocycles. The number of pyridine rings is 1. The fourth-order valence-corrected chi connectivity index (χ4v) is 3.84. The van der Waals surface area contributed by atoms with Crippen LogP contribution in [0.25, 0.3) is 11.0 Å². The molecule has 3 aromatic rings. The molecule has 2 aromatic heterocycles. The van der Waals surface area contributed by atoms with Crippen LogP contribution >= 0.6 is 11.6 Å². The summed E-state index contributed by atoms with van der Waals surface area (Å²) in [6, 6.07) is 10.2. The average Bonchev–Trinajstić information content (AvgIpc) is 3.40. The highest BCUT2D eigenvalue weighted by molar-refractivity contribution is 6.30. The van der Waals surface area contributed by atoms with Crippen molar-refractivity contribution >= 4 is 28.5 Å². The fourth-order valence-electron chi connectivity index (χ4n) is 3.71. The van der Waals surface area contributed by atoms with E-state index in [1.165, 1.54) is 0 Å². The predicted octanol–water partition coefficient (Wildman–Crippen LogP) is 5.34. The first-order valence-corrected chi connectivity index (χ1v) is 10.2. The van der Waals surface area contributed by atoms with E-state index in [0.29, 0.717) is 10.6 Å². The highest BCUT2D eigenvalue weighted by Gasteiger charge is 2.37.